The Kier molecular flexibility index (Phi) is 5.33. The highest BCUT2D eigenvalue weighted by atomic mass is 16.4. The predicted octanol–water partition coefficient (Wildman–Crippen LogP) is 1.58. The van der Waals surface area contributed by atoms with Crippen LogP contribution in [-0.4, -0.2) is 52.5 Å². The third kappa shape index (κ3) is 4.86. The van der Waals surface area contributed by atoms with Crippen molar-refractivity contribution in [3.05, 3.63) is 35.9 Å². The van der Waals surface area contributed by atoms with Crippen LogP contribution in [-0.2, 0) is 16.1 Å². The van der Waals surface area contributed by atoms with E-state index in [4.69, 9.17) is 5.11 Å². The molecule has 1 N–H and O–H groups in total. The van der Waals surface area contributed by atoms with Gasteiger partial charge in [-0.15, -0.1) is 0 Å². The minimum Gasteiger partial charge on any atom is -0.480 e. The van der Waals surface area contributed by atoms with E-state index in [9.17, 15) is 9.59 Å². The lowest BCUT2D eigenvalue weighted by atomic mass is 10.2. The molecule has 0 heterocycles. The van der Waals surface area contributed by atoms with Crippen LogP contribution >= 0.6 is 0 Å². The van der Waals surface area contributed by atoms with Crippen LogP contribution in [0.1, 0.15) is 25.3 Å². The number of amides is 1. The second-order valence-corrected chi connectivity index (χ2v) is 5.42. The lowest BCUT2D eigenvalue weighted by Gasteiger charge is -2.25. The van der Waals surface area contributed by atoms with Crippen LogP contribution in [0.3, 0.4) is 0 Å². The zero-order valence-electron chi connectivity index (χ0n) is 12.4. The average Bonchev–Trinajstić information content (AvgIpc) is 3.29. The molecule has 0 aliphatic heterocycles. The van der Waals surface area contributed by atoms with Gasteiger partial charge in [-0.2, -0.15) is 0 Å². The molecule has 0 spiro atoms. The van der Waals surface area contributed by atoms with Gasteiger partial charge < -0.3 is 10.0 Å². The number of benzene rings is 1. The number of aliphatic carboxylic acids is 1. The number of carbonyl (C=O) groups is 2. The first kappa shape index (κ1) is 15.5. The molecule has 114 valence electrons. The van der Waals surface area contributed by atoms with Gasteiger partial charge in [-0.3, -0.25) is 14.5 Å². The van der Waals surface area contributed by atoms with Gasteiger partial charge in [0.1, 0.15) is 0 Å². The predicted molar refractivity (Wildman–Crippen MR) is 79.8 cm³/mol. The number of hydrogen-bond acceptors (Lipinski definition) is 3. The third-order valence-corrected chi connectivity index (χ3v) is 3.69. The van der Waals surface area contributed by atoms with Gasteiger partial charge in [-0.25, -0.2) is 0 Å². The molecule has 1 aromatic carbocycles. The molecule has 0 saturated heterocycles. The van der Waals surface area contributed by atoms with Crippen molar-refractivity contribution in [2.45, 2.75) is 32.4 Å². The molecule has 21 heavy (non-hydrogen) atoms. The molecule has 0 unspecified atom stereocenters. The fourth-order valence-electron chi connectivity index (χ4n) is 2.38. The standard InChI is InChI=1S/C16H22N2O3/c1-2-17(10-13-6-4-3-5-7-13)15(19)11-18(12-16(20)21)14-8-9-14/h3-7,14H,2,8-12H2,1H3,(H,20,21). The molecule has 1 saturated carbocycles. The van der Waals surface area contributed by atoms with E-state index >= 15 is 0 Å². The van der Waals surface area contributed by atoms with Gasteiger partial charge in [0.2, 0.25) is 5.91 Å². The Balaban J connectivity index is 1.93. The summed E-state index contributed by atoms with van der Waals surface area (Å²) in [6.07, 6.45) is 1.98. The van der Waals surface area contributed by atoms with Gasteiger partial charge in [0.05, 0.1) is 13.1 Å². The number of hydrogen-bond donors (Lipinski definition) is 1. The number of carbonyl (C=O) groups excluding carboxylic acids is 1. The molecule has 5 heteroatoms. The quantitative estimate of drug-likeness (QED) is 0.789. The molecular formula is C16H22N2O3. The Bertz CT molecular complexity index is 486. The summed E-state index contributed by atoms with van der Waals surface area (Å²) in [5.74, 6) is -0.879. The molecule has 0 aromatic heterocycles. The highest BCUT2D eigenvalue weighted by Gasteiger charge is 2.32. The van der Waals surface area contributed by atoms with E-state index in [0.29, 0.717) is 13.1 Å². The fraction of sp³-hybridized carbons (Fsp3) is 0.500. The molecule has 1 aliphatic rings. The summed E-state index contributed by atoms with van der Waals surface area (Å²) in [7, 11) is 0. The van der Waals surface area contributed by atoms with E-state index in [1.807, 2.05) is 37.3 Å². The van der Waals surface area contributed by atoms with Crippen molar-refractivity contribution >= 4 is 11.9 Å². The van der Waals surface area contributed by atoms with Gasteiger partial charge in [-0.1, -0.05) is 30.3 Å². The van der Waals surface area contributed by atoms with Crippen molar-refractivity contribution < 1.29 is 14.7 Å². The number of carboxylic acids is 1. The Hall–Kier alpha value is -1.88. The van der Waals surface area contributed by atoms with E-state index in [1.165, 1.54) is 0 Å². The first-order valence-electron chi connectivity index (χ1n) is 7.37. The normalized spacial score (nSPS) is 14.2. The van der Waals surface area contributed by atoms with Crippen LogP contribution in [0, 0.1) is 0 Å². The minimum absolute atomic E-state index is 0.00509. The summed E-state index contributed by atoms with van der Waals surface area (Å²) in [6, 6.07) is 10.1. The summed E-state index contributed by atoms with van der Waals surface area (Å²) >= 11 is 0. The molecule has 1 aromatic rings. The van der Waals surface area contributed by atoms with Gasteiger partial charge >= 0.3 is 5.97 Å². The lowest BCUT2D eigenvalue weighted by molar-refractivity contribution is -0.140. The topological polar surface area (TPSA) is 60.9 Å². The summed E-state index contributed by atoms with van der Waals surface area (Å²) in [5, 5.41) is 8.94. The summed E-state index contributed by atoms with van der Waals surface area (Å²) in [6.45, 7) is 3.28. The molecule has 1 amide bonds. The molecular weight excluding hydrogens is 268 g/mol. The summed E-state index contributed by atoms with van der Waals surface area (Å²) in [4.78, 5) is 26.8. The van der Waals surface area contributed by atoms with Gasteiger partial charge in [0.15, 0.2) is 0 Å². The van der Waals surface area contributed by atoms with Crippen LogP contribution < -0.4 is 0 Å². The first-order valence-corrected chi connectivity index (χ1v) is 7.37. The van der Waals surface area contributed by atoms with E-state index in [2.05, 4.69) is 0 Å². The average molecular weight is 290 g/mol. The zero-order valence-corrected chi connectivity index (χ0v) is 12.4. The van der Waals surface area contributed by atoms with Crippen molar-refractivity contribution in [1.82, 2.24) is 9.80 Å². The van der Waals surface area contributed by atoms with E-state index < -0.39 is 5.97 Å². The fourth-order valence-corrected chi connectivity index (χ4v) is 2.38. The Morgan fingerprint density at radius 3 is 2.38 bits per heavy atom. The number of nitrogens with zero attached hydrogens (tertiary/aromatic N) is 2. The smallest absolute Gasteiger partial charge is 0.317 e. The van der Waals surface area contributed by atoms with Crippen molar-refractivity contribution in [3.63, 3.8) is 0 Å². The van der Waals surface area contributed by atoms with E-state index in [-0.39, 0.29) is 25.0 Å². The SMILES string of the molecule is CCN(Cc1ccccc1)C(=O)CN(CC(=O)O)C1CC1. The lowest BCUT2D eigenvalue weighted by Crippen LogP contribution is -2.42. The van der Waals surface area contributed by atoms with Crippen molar-refractivity contribution in [3.8, 4) is 0 Å². The van der Waals surface area contributed by atoms with Gasteiger partial charge in [0.25, 0.3) is 0 Å². The molecule has 1 aliphatic carbocycles. The highest BCUT2D eigenvalue weighted by molar-refractivity contribution is 5.79. The van der Waals surface area contributed by atoms with E-state index in [1.54, 1.807) is 9.80 Å². The number of carboxylic acid groups (broad SMARTS) is 1. The zero-order chi connectivity index (χ0) is 15.2. The second-order valence-electron chi connectivity index (χ2n) is 5.42. The largest absolute Gasteiger partial charge is 0.480 e. The summed E-state index contributed by atoms with van der Waals surface area (Å²) in [5.41, 5.74) is 1.09. The minimum atomic E-state index is -0.874. The van der Waals surface area contributed by atoms with E-state index in [0.717, 1.165) is 18.4 Å². The second kappa shape index (κ2) is 7.22. The highest BCUT2D eigenvalue weighted by Crippen LogP contribution is 2.26. The molecule has 5 nitrogen and oxygen atoms in total. The maximum Gasteiger partial charge on any atom is 0.317 e. The molecule has 1 fully saturated rings. The first-order chi connectivity index (χ1) is 10.1. The molecule has 0 bridgehead atoms. The molecule has 0 radical (unpaired) electrons. The number of likely N-dealkylation sites (N-methyl/N-ethyl adjacent to an activating group) is 1. The third-order valence-electron chi connectivity index (χ3n) is 3.69. The van der Waals surface area contributed by atoms with Crippen LogP contribution in [0.4, 0.5) is 0 Å². The van der Waals surface area contributed by atoms with Crippen molar-refractivity contribution in [2.24, 2.45) is 0 Å². The van der Waals surface area contributed by atoms with Gasteiger partial charge in [0, 0.05) is 19.1 Å². The van der Waals surface area contributed by atoms with Crippen LogP contribution in [0.2, 0.25) is 0 Å². The monoisotopic (exact) mass is 290 g/mol. The summed E-state index contributed by atoms with van der Waals surface area (Å²) < 4.78 is 0. The maximum absolute atomic E-state index is 12.4. The Labute approximate surface area is 125 Å². The Morgan fingerprint density at radius 1 is 1.19 bits per heavy atom. The van der Waals surface area contributed by atoms with Crippen molar-refractivity contribution in [1.29, 1.82) is 0 Å². The van der Waals surface area contributed by atoms with Crippen LogP contribution in [0.25, 0.3) is 0 Å². The van der Waals surface area contributed by atoms with Gasteiger partial charge in [-0.05, 0) is 25.3 Å². The van der Waals surface area contributed by atoms with Crippen molar-refractivity contribution in [2.75, 3.05) is 19.6 Å². The maximum atomic E-state index is 12.4. The Morgan fingerprint density at radius 2 is 1.86 bits per heavy atom. The van der Waals surface area contributed by atoms with Crippen LogP contribution in [0.15, 0.2) is 30.3 Å². The number of rotatable bonds is 8. The molecule has 2 rings (SSSR count). The molecule has 0 atom stereocenters. The van der Waals surface area contributed by atoms with Crippen LogP contribution in [0.5, 0.6) is 0 Å².